The van der Waals surface area contributed by atoms with Crippen LogP contribution >= 0.6 is 0 Å². The number of imidazole rings is 1. The van der Waals surface area contributed by atoms with E-state index in [1.807, 2.05) is 12.1 Å². The minimum absolute atomic E-state index is 0.176. The summed E-state index contributed by atoms with van der Waals surface area (Å²) < 4.78 is 15.5. The van der Waals surface area contributed by atoms with E-state index in [4.69, 9.17) is 4.98 Å². The molecule has 0 radical (unpaired) electrons. The van der Waals surface area contributed by atoms with Crippen molar-refractivity contribution in [2.24, 2.45) is 0 Å². The number of piperazine rings is 1. The van der Waals surface area contributed by atoms with Gasteiger partial charge in [-0.15, -0.1) is 0 Å². The van der Waals surface area contributed by atoms with Gasteiger partial charge in [0.15, 0.2) is 0 Å². The highest BCUT2D eigenvalue weighted by molar-refractivity contribution is 5.17. The van der Waals surface area contributed by atoms with Gasteiger partial charge in [-0.3, -0.25) is 9.80 Å². The Morgan fingerprint density at radius 1 is 1.00 bits per heavy atom. The Kier molecular flexibility index (Phi) is 5.07. The van der Waals surface area contributed by atoms with Crippen LogP contribution in [0.4, 0.5) is 4.39 Å². The number of benzene rings is 1. The number of halogens is 1. The zero-order valence-electron chi connectivity index (χ0n) is 15.7. The summed E-state index contributed by atoms with van der Waals surface area (Å²) in [6.07, 6.45) is 2.06. The van der Waals surface area contributed by atoms with E-state index < -0.39 is 0 Å². The number of hydrogen-bond acceptors (Lipinski definition) is 4. The molecule has 1 aromatic carbocycles. The lowest BCUT2D eigenvalue weighted by Gasteiger charge is -2.36. The Labute approximate surface area is 155 Å². The molecule has 0 amide bonds. The fourth-order valence-corrected chi connectivity index (χ4v) is 4.01. The first-order chi connectivity index (χ1) is 12.6. The SMILES string of the molecule is C[C@H]1c2ncc(CN3CCN(C)CC3)n2CCN1Cc1ccc(F)cc1. The van der Waals surface area contributed by atoms with Crippen molar-refractivity contribution in [1.29, 1.82) is 0 Å². The maximum atomic E-state index is 13.1. The topological polar surface area (TPSA) is 27.5 Å². The molecule has 1 atom stereocenters. The highest BCUT2D eigenvalue weighted by Gasteiger charge is 2.27. The number of fused-ring (bicyclic) bond motifs is 1. The summed E-state index contributed by atoms with van der Waals surface area (Å²) in [4.78, 5) is 12.1. The van der Waals surface area contributed by atoms with Crippen LogP contribution in [0.15, 0.2) is 30.5 Å². The van der Waals surface area contributed by atoms with Gasteiger partial charge in [-0.1, -0.05) is 12.1 Å². The third-order valence-electron chi connectivity index (χ3n) is 5.78. The summed E-state index contributed by atoms with van der Waals surface area (Å²) >= 11 is 0. The smallest absolute Gasteiger partial charge is 0.126 e. The molecule has 26 heavy (non-hydrogen) atoms. The monoisotopic (exact) mass is 357 g/mol. The van der Waals surface area contributed by atoms with Gasteiger partial charge in [0.1, 0.15) is 11.6 Å². The molecule has 5 nitrogen and oxygen atoms in total. The van der Waals surface area contributed by atoms with Crippen molar-refractivity contribution in [3.63, 3.8) is 0 Å². The summed E-state index contributed by atoms with van der Waals surface area (Å²) in [6, 6.07) is 7.11. The first kappa shape index (κ1) is 17.6. The lowest BCUT2D eigenvalue weighted by atomic mass is 10.1. The van der Waals surface area contributed by atoms with E-state index >= 15 is 0 Å². The van der Waals surface area contributed by atoms with Gasteiger partial charge in [-0.2, -0.15) is 0 Å². The number of aromatic nitrogens is 2. The predicted molar refractivity (Wildman–Crippen MR) is 100 cm³/mol. The van der Waals surface area contributed by atoms with Gasteiger partial charge in [-0.05, 0) is 31.7 Å². The third-order valence-corrected chi connectivity index (χ3v) is 5.78. The van der Waals surface area contributed by atoms with Crippen molar-refractivity contribution in [3.05, 3.63) is 53.4 Å². The Morgan fingerprint density at radius 2 is 1.73 bits per heavy atom. The van der Waals surface area contributed by atoms with Gasteiger partial charge in [0.25, 0.3) is 0 Å². The molecule has 2 aliphatic rings. The van der Waals surface area contributed by atoms with E-state index in [0.29, 0.717) is 0 Å². The number of hydrogen-bond donors (Lipinski definition) is 0. The van der Waals surface area contributed by atoms with E-state index in [0.717, 1.165) is 63.7 Å². The molecular formula is C20H28FN5. The summed E-state index contributed by atoms with van der Waals surface area (Å²) in [5, 5.41) is 0. The molecular weight excluding hydrogens is 329 g/mol. The van der Waals surface area contributed by atoms with Crippen LogP contribution in [0.1, 0.15) is 30.0 Å². The summed E-state index contributed by atoms with van der Waals surface area (Å²) in [5.41, 5.74) is 2.48. The van der Waals surface area contributed by atoms with Gasteiger partial charge >= 0.3 is 0 Å². The minimum Gasteiger partial charge on any atom is -0.328 e. The quantitative estimate of drug-likeness (QED) is 0.840. The molecule has 0 unspecified atom stereocenters. The molecule has 0 N–H and O–H groups in total. The average Bonchev–Trinajstić information content (AvgIpc) is 3.05. The van der Waals surface area contributed by atoms with E-state index in [1.165, 1.54) is 5.69 Å². The van der Waals surface area contributed by atoms with Gasteiger partial charge in [0.05, 0.1) is 11.7 Å². The van der Waals surface area contributed by atoms with Crippen LogP contribution in [0.25, 0.3) is 0 Å². The van der Waals surface area contributed by atoms with Crippen LogP contribution in [0.2, 0.25) is 0 Å². The summed E-state index contributed by atoms with van der Waals surface area (Å²) in [6.45, 7) is 10.6. The van der Waals surface area contributed by atoms with Crippen molar-refractivity contribution in [3.8, 4) is 0 Å². The van der Waals surface area contributed by atoms with Crippen molar-refractivity contribution in [2.45, 2.75) is 32.6 Å². The van der Waals surface area contributed by atoms with Gasteiger partial charge < -0.3 is 9.47 Å². The van der Waals surface area contributed by atoms with E-state index in [9.17, 15) is 4.39 Å². The molecule has 0 aliphatic carbocycles. The van der Waals surface area contributed by atoms with Crippen LogP contribution < -0.4 is 0 Å². The Morgan fingerprint density at radius 3 is 2.46 bits per heavy atom. The standard InChI is InChI=1S/C20H28FN5/c1-16-20-22-13-19(15-24-9-7-23(2)8-10-24)26(20)12-11-25(16)14-17-3-5-18(21)6-4-17/h3-6,13,16H,7-12,14-15H2,1-2H3/t16-/m0/s1. The van der Waals surface area contributed by atoms with Crippen LogP contribution in [0, 0.1) is 5.82 Å². The lowest BCUT2D eigenvalue weighted by molar-refractivity contribution is 0.136. The van der Waals surface area contributed by atoms with Crippen molar-refractivity contribution in [2.75, 3.05) is 39.8 Å². The first-order valence-corrected chi connectivity index (χ1v) is 9.54. The van der Waals surface area contributed by atoms with E-state index in [2.05, 4.69) is 39.4 Å². The molecule has 1 fully saturated rings. The van der Waals surface area contributed by atoms with Gasteiger partial charge in [0, 0.05) is 58.6 Å². The second-order valence-electron chi connectivity index (χ2n) is 7.61. The summed E-state index contributed by atoms with van der Waals surface area (Å²) in [7, 11) is 2.19. The third kappa shape index (κ3) is 3.68. The molecule has 140 valence electrons. The Hall–Kier alpha value is -1.76. The first-order valence-electron chi connectivity index (χ1n) is 9.54. The van der Waals surface area contributed by atoms with Gasteiger partial charge in [-0.25, -0.2) is 9.37 Å². The molecule has 0 spiro atoms. The molecule has 3 heterocycles. The maximum Gasteiger partial charge on any atom is 0.126 e. The van der Waals surface area contributed by atoms with Crippen LogP contribution in [0.5, 0.6) is 0 Å². The predicted octanol–water partition coefficient (Wildman–Crippen LogP) is 2.35. The van der Waals surface area contributed by atoms with Crippen LogP contribution in [0.3, 0.4) is 0 Å². The molecule has 2 aromatic rings. The maximum absolute atomic E-state index is 13.1. The minimum atomic E-state index is -0.176. The number of nitrogens with zero attached hydrogens (tertiary/aromatic N) is 5. The van der Waals surface area contributed by atoms with Crippen LogP contribution in [-0.4, -0.2) is 64.0 Å². The number of rotatable bonds is 4. The van der Waals surface area contributed by atoms with Crippen molar-refractivity contribution in [1.82, 2.24) is 24.3 Å². The highest BCUT2D eigenvalue weighted by atomic mass is 19.1. The van der Waals surface area contributed by atoms with Gasteiger partial charge in [0.2, 0.25) is 0 Å². The van der Waals surface area contributed by atoms with E-state index in [1.54, 1.807) is 12.1 Å². The Bertz CT molecular complexity index is 733. The average molecular weight is 357 g/mol. The fourth-order valence-electron chi connectivity index (χ4n) is 4.01. The zero-order valence-corrected chi connectivity index (χ0v) is 15.7. The second kappa shape index (κ2) is 7.47. The zero-order chi connectivity index (χ0) is 18.1. The number of likely N-dealkylation sites (N-methyl/N-ethyl adjacent to an activating group) is 1. The molecule has 0 saturated carbocycles. The highest BCUT2D eigenvalue weighted by Crippen LogP contribution is 2.27. The van der Waals surface area contributed by atoms with Crippen molar-refractivity contribution >= 4 is 0 Å². The van der Waals surface area contributed by atoms with Crippen LogP contribution in [-0.2, 0) is 19.6 Å². The molecule has 6 heteroatoms. The Balaban J connectivity index is 1.43. The second-order valence-corrected chi connectivity index (χ2v) is 7.61. The molecule has 1 aromatic heterocycles. The molecule has 0 bridgehead atoms. The molecule has 4 rings (SSSR count). The fraction of sp³-hybridized carbons (Fsp3) is 0.550. The molecule has 1 saturated heterocycles. The van der Waals surface area contributed by atoms with E-state index in [-0.39, 0.29) is 11.9 Å². The molecule has 2 aliphatic heterocycles. The summed E-state index contributed by atoms with van der Waals surface area (Å²) in [5.74, 6) is 0.979. The normalized spacial score (nSPS) is 22.5. The van der Waals surface area contributed by atoms with Crippen molar-refractivity contribution < 1.29 is 4.39 Å². The largest absolute Gasteiger partial charge is 0.328 e. The lowest BCUT2D eigenvalue weighted by Crippen LogP contribution is -2.44.